The predicted octanol–water partition coefficient (Wildman–Crippen LogP) is 8.31. The van der Waals surface area contributed by atoms with Gasteiger partial charge in [-0.25, -0.2) is 0 Å². The predicted molar refractivity (Wildman–Crippen MR) is 139 cm³/mol. The molecule has 4 aromatic carbocycles. The summed E-state index contributed by atoms with van der Waals surface area (Å²) in [6.07, 6.45) is 0. The summed E-state index contributed by atoms with van der Waals surface area (Å²) < 4.78 is 31.6. The summed E-state index contributed by atoms with van der Waals surface area (Å²) in [7, 11) is -4.19. The molecule has 0 bridgehead atoms. The van der Waals surface area contributed by atoms with Crippen molar-refractivity contribution in [3.05, 3.63) is 108 Å². The summed E-state index contributed by atoms with van der Waals surface area (Å²) in [6, 6.07) is 28.5. The van der Waals surface area contributed by atoms with Gasteiger partial charge in [-0.05, 0) is 53.8 Å². The maximum atomic E-state index is 14.0. The van der Waals surface area contributed by atoms with Gasteiger partial charge in [0, 0.05) is 11.1 Å². The Morgan fingerprint density at radius 3 is 1.74 bits per heavy atom. The van der Waals surface area contributed by atoms with E-state index in [2.05, 4.69) is 0 Å². The minimum Gasteiger partial charge on any atom is -0.507 e. The fourth-order valence-electron chi connectivity index (χ4n) is 3.79. The van der Waals surface area contributed by atoms with Crippen molar-refractivity contribution in [2.24, 2.45) is 0 Å². The molecule has 0 amide bonds. The number of para-hydroxylation sites is 3. The van der Waals surface area contributed by atoms with Crippen LogP contribution in [0.2, 0.25) is 0 Å². The molecule has 6 heteroatoms. The molecule has 0 spiro atoms. The number of phenolic OH excluding ortho intramolecular Hbond substituents is 1. The molecule has 0 aromatic heterocycles. The van der Waals surface area contributed by atoms with Crippen LogP contribution < -0.4 is 13.6 Å². The van der Waals surface area contributed by atoms with Crippen LogP contribution in [0.5, 0.6) is 23.0 Å². The highest BCUT2D eigenvalue weighted by Gasteiger charge is 2.34. The average Bonchev–Trinajstić information content (AvgIpc) is 2.80. The molecule has 0 aliphatic heterocycles. The summed E-state index contributed by atoms with van der Waals surface area (Å²) in [5.74, 6) is 1.12. The number of phosphoric acid groups is 1. The SMILES string of the molecule is Cc1ccc(C(C)(C)C)c(O)c1-c1ccccc1OP(=O)(Oc1ccccc1)Oc1ccccc1. The van der Waals surface area contributed by atoms with Crippen LogP contribution in [-0.2, 0) is 9.98 Å². The number of aryl methyl sites for hydroxylation is 1. The van der Waals surface area contributed by atoms with Gasteiger partial charge in [-0.2, -0.15) is 4.57 Å². The van der Waals surface area contributed by atoms with Gasteiger partial charge >= 0.3 is 7.82 Å². The number of aromatic hydroxyl groups is 1. The molecule has 4 aromatic rings. The third-order valence-corrected chi connectivity index (χ3v) is 6.77. The Balaban J connectivity index is 1.80. The fourth-order valence-corrected chi connectivity index (χ4v) is 5.06. The first-order valence-electron chi connectivity index (χ1n) is 11.4. The average molecular weight is 489 g/mol. The highest BCUT2D eigenvalue weighted by Crippen LogP contribution is 2.53. The van der Waals surface area contributed by atoms with E-state index >= 15 is 0 Å². The van der Waals surface area contributed by atoms with Crippen LogP contribution in [0.15, 0.2) is 97.1 Å². The molecule has 0 aliphatic carbocycles. The van der Waals surface area contributed by atoms with E-state index in [1.54, 1.807) is 60.7 Å². The van der Waals surface area contributed by atoms with Gasteiger partial charge in [0.05, 0.1) is 0 Å². The molecule has 180 valence electrons. The van der Waals surface area contributed by atoms with Crippen LogP contribution in [0.1, 0.15) is 31.9 Å². The summed E-state index contributed by atoms with van der Waals surface area (Å²) in [4.78, 5) is 0. The van der Waals surface area contributed by atoms with Gasteiger partial charge in [0.2, 0.25) is 0 Å². The standard InChI is InChI=1S/C29H29O5P/c1-21-19-20-25(29(2,3)4)28(30)27(21)24-17-11-12-18-26(24)34-35(31,32-22-13-7-5-8-14-22)33-23-15-9-6-10-16-23/h5-20,30H,1-4H3. The molecule has 0 unspecified atom stereocenters. The first-order chi connectivity index (χ1) is 16.7. The van der Waals surface area contributed by atoms with Gasteiger partial charge in [0.25, 0.3) is 0 Å². The van der Waals surface area contributed by atoms with Crippen LogP contribution in [0, 0.1) is 6.92 Å². The largest absolute Gasteiger partial charge is 0.647 e. The molecule has 1 N–H and O–H groups in total. The summed E-state index contributed by atoms with van der Waals surface area (Å²) in [5.41, 5.74) is 2.58. The monoisotopic (exact) mass is 488 g/mol. The number of rotatable bonds is 7. The normalized spacial score (nSPS) is 11.7. The second kappa shape index (κ2) is 9.89. The molecule has 0 saturated carbocycles. The van der Waals surface area contributed by atoms with E-state index in [-0.39, 0.29) is 16.9 Å². The molecule has 5 nitrogen and oxygen atoms in total. The highest BCUT2D eigenvalue weighted by molar-refractivity contribution is 7.49. The van der Waals surface area contributed by atoms with Crippen LogP contribution in [0.25, 0.3) is 11.1 Å². The Morgan fingerprint density at radius 1 is 0.686 bits per heavy atom. The Bertz CT molecular complexity index is 1300. The quantitative estimate of drug-likeness (QED) is 0.265. The molecule has 0 atom stereocenters. The Hall–Kier alpha value is -3.69. The zero-order valence-corrected chi connectivity index (χ0v) is 21.2. The van der Waals surface area contributed by atoms with Gasteiger partial charge in [0.1, 0.15) is 23.0 Å². The topological polar surface area (TPSA) is 65.0 Å². The summed E-state index contributed by atoms with van der Waals surface area (Å²) >= 11 is 0. The van der Waals surface area contributed by atoms with Crippen molar-refractivity contribution < 1.29 is 23.2 Å². The van der Waals surface area contributed by atoms with E-state index < -0.39 is 7.82 Å². The van der Waals surface area contributed by atoms with Crippen molar-refractivity contribution in [2.75, 3.05) is 0 Å². The van der Waals surface area contributed by atoms with Gasteiger partial charge in [-0.3, -0.25) is 0 Å². The third kappa shape index (κ3) is 5.70. The Morgan fingerprint density at radius 2 is 1.20 bits per heavy atom. The second-order valence-corrected chi connectivity index (χ2v) is 10.7. The molecule has 0 saturated heterocycles. The fraction of sp³-hybridized carbons (Fsp3) is 0.172. The van der Waals surface area contributed by atoms with Gasteiger partial charge < -0.3 is 18.7 Å². The van der Waals surface area contributed by atoms with Gasteiger partial charge in [-0.1, -0.05) is 87.5 Å². The van der Waals surface area contributed by atoms with Gasteiger partial charge in [-0.15, -0.1) is 0 Å². The van der Waals surface area contributed by atoms with Crippen molar-refractivity contribution in [3.8, 4) is 34.1 Å². The number of hydrogen-bond acceptors (Lipinski definition) is 5. The van der Waals surface area contributed by atoms with Crippen LogP contribution in [-0.4, -0.2) is 5.11 Å². The number of phosphoric ester groups is 1. The van der Waals surface area contributed by atoms with Crippen LogP contribution >= 0.6 is 7.82 Å². The Labute approximate surface area is 206 Å². The lowest BCUT2D eigenvalue weighted by molar-refractivity contribution is 0.299. The molecule has 4 rings (SSSR count). The first-order valence-corrected chi connectivity index (χ1v) is 12.8. The van der Waals surface area contributed by atoms with Crippen LogP contribution in [0.4, 0.5) is 0 Å². The van der Waals surface area contributed by atoms with E-state index in [0.717, 1.165) is 11.1 Å². The molecular formula is C29H29O5P. The van der Waals surface area contributed by atoms with Crippen molar-refractivity contribution in [1.82, 2.24) is 0 Å². The lowest BCUT2D eigenvalue weighted by Gasteiger charge is -2.25. The number of phenols is 1. The molecule has 0 aliphatic rings. The lowest BCUT2D eigenvalue weighted by Crippen LogP contribution is -2.12. The molecule has 0 radical (unpaired) electrons. The van der Waals surface area contributed by atoms with E-state index in [0.29, 0.717) is 22.6 Å². The summed E-state index contributed by atoms with van der Waals surface area (Å²) in [6.45, 7) is 8.04. The molecular weight excluding hydrogens is 459 g/mol. The zero-order chi connectivity index (χ0) is 25.1. The maximum absolute atomic E-state index is 14.0. The molecule has 0 heterocycles. The van der Waals surface area contributed by atoms with Crippen molar-refractivity contribution in [1.29, 1.82) is 0 Å². The van der Waals surface area contributed by atoms with Crippen LogP contribution in [0.3, 0.4) is 0 Å². The third-order valence-electron chi connectivity index (χ3n) is 5.48. The summed E-state index contributed by atoms with van der Waals surface area (Å²) in [5, 5.41) is 11.3. The van der Waals surface area contributed by atoms with E-state index in [1.807, 2.05) is 64.1 Å². The number of hydrogen-bond donors (Lipinski definition) is 1. The maximum Gasteiger partial charge on any atom is 0.647 e. The van der Waals surface area contributed by atoms with Gasteiger partial charge in [0.15, 0.2) is 0 Å². The minimum atomic E-state index is -4.19. The minimum absolute atomic E-state index is 0.163. The second-order valence-electron chi connectivity index (χ2n) is 9.25. The smallest absolute Gasteiger partial charge is 0.507 e. The van der Waals surface area contributed by atoms with Crippen molar-refractivity contribution in [2.45, 2.75) is 33.1 Å². The zero-order valence-electron chi connectivity index (χ0n) is 20.3. The Kier molecular flexibility index (Phi) is 6.90. The van der Waals surface area contributed by atoms with E-state index in [1.165, 1.54) is 0 Å². The first kappa shape index (κ1) is 24.4. The van der Waals surface area contributed by atoms with Crippen molar-refractivity contribution in [3.63, 3.8) is 0 Å². The van der Waals surface area contributed by atoms with E-state index in [9.17, 15) is 9.67 Å². The lowest BCUT2D eigenvalue weighted by atomic mass is 9.83. The highest BCUT2D eigenvalue weighted by atomic mass is 31.2. The number of benzene rings is 4. The van der Waals surface area contributed by atoms with Crippen molar-refractivity contribution >= 4 is 7.82 Å². The van der Waals surface area contributed by atoms with E-state index in [4.69, 9.17) is 13.6 Å². The molecule has 35 heavy (non-hydrogen) atoms. The molecule has 0 fully saturated rings.